The monoisotopic (exact) mass is 289 g/mol. The number of anilines is 2. The number of alkyl halides is 1. The van der Waals surface area contributed by atoms with Crippen molar-refractivity contribution in [1.82, 2.24) is 0 Å². The standard InChI is InChI=1S/C14H12BrNO/c15-14-10-16(11-6-2-1-3-7-11)12-8-4-5-9-13(12)17-14/h1-9,14H,10H2. The van der Waals surface area contributed by atoms with Gasteiger partial charge in [-0.3, -0.25) is 0 Å². The van der Waals surface area contributed by atoms with E-state index in [0.717, 1.165) is 18.0 Å². The van der Waals surface area contributed by atoms with Crippen LogP contribution in [0.25, 0.3) is 0 Å². The summed E-state index contributed by atoms with van der Waals surface area (Å²) in [5.41, 5.74) is 2.31. The summed E-state index contributed by atoms with van der Waals surface area (Å²) >= 11 is 3.53. The van der Waals surface area contributed by atoms with Crippen LogP contribution < -0.4 is 9.64 Å². The average Bonchev–Trinajstić information content (AvgIpc) is 2.39. The van der Waals surface area contributed by atoms with Crippen molar-refractivity contribution in [1.29, 1.82) is 0 Å². The molecule has 0 radical (unpaired) electrons. The molecule has 1 aliphatic rings. The third-order valence-corrected chi connectivity index (χ3v) is 3.28. The van der Waals surface area contributed by atoms with Gasteiger partial charge in [-0.15, -0.1) is 0 Å². The molecule has 1 unspecified atom stereocenters. The summed E-state index contributed by atoms with van der Waals surface area (Å²) in [6.45, 7) is 0.807. The van der Waals surface area contributed by atoms with E-state index in [1.165, 1.54) is 5.69 Å². The summed E-state index contributed by atoms with van der Waals surface area (Å²) in [6.07, 6.45) is 0. The molecule has 0 saturated heterocycles. The SMILES string of the molecule is BrC1CN(c2ccccc2)c2ccccc2O1. The van der Waals surface area contributed by atoms with Crippen molar-refractivity contribution >= 4 is 27.3 Å². The highest BCUT2D eigenvalue weighted by Crippen LogP contribution is 2.38. The molecule has 0 saturated carbocycles. The number of para-hydroxylation sites is 3. The highest BCUT2D eigenvalue weighted by molar-refractivity contribution is 9.09. The highest BCUT2D eigenvalue weighted by Gasteiger charge is 2.24. The third-order valence-electron chi connectivity index (χ3n) is 2.80. The molecule has 1 aliphatic heterocycles. The van der Waals surface area contributed by atoms with Crippen LogP contribution in [-0.2, 0) is 0 Å². The Kier molecular flexibility index (Phi) is 2.77. The predicted molar refractivity (Wildman–Crippen MR) is 73.2 cm³/mol. The molecule has 0 aliphatic carbocycles. The predicted octanol–water partition coefficient (Wildman–Crippen LogP) is 3.94. The van der Waals surface area contributed by atoms with Crippen LogP contribution in [0.1, 0.15) is 0 Å². The van der Waals surface area contributed by atoms with Crippen molar-refractivity contribution < 1.29 is 4.74 Å². The van der Waals surface area contributed by atoms with Gasteiger partial charge in [0.2, 0.25) is 0 Å². The van der Waals surface area contributed by atoms with Crippen molar-refractivity contribution in [3.8, 4) is 5.75 Å². The summed E-state index contributed by atoms with van der Waals surface area (Å²) in [5.74, 6) is 0.921. The molecule has 3 rings (SSSR count). The molecule has 0 aromatic heterocycles. The van der Waals surface area contributed by atoms with E-state index in [1.807, 2.05) is 24.3 Å². The first-order valence-corrected chi connectivity index (χ1v) is 6.48. The Morgan fingerprint density at radius 1 is 1.00 bits per heavy atom. The third kappa shape index (κ3) is 2.03. The minimum atomic E-state index is 0.0256. The second-order valence-corrected chi connectivity index (χ2v) is 4.96. The van der Waals surface area contributed by atoms with Crippen LogP contribution in [0.3, 0.4) is 0 Å². The van der Waals surface area contributed by atoms with Crippen molar-refractivity contribution in [2.75, 3.05) is 11.4 Å². The summed E-state index contributed by atoms with van der Waals surface area (Å²) in [5, 5.41) is 0.0256. The van der Waals surface area contributed by atoms with E-state index in [9.17, 15) is 0 Å². The summed E-state index contributed by atoms with van der Waals surface area (Å²) in [4.78, 5) is 2.26. The van der Waals surface area contributed by atoms with Crippen molar-refractivity contribution in [3.63, 3.8) is 0 Å². The maximum atomic E-state index is 5.76. The van der Waals surface area contributed by atoms with Gasteiger partial charge < -0.3 is 9.64 Å². The van der Waals surface area contributed by atoms with Crippen molar-refractivity contribution in [2.24, 2.45) is 0 Å². The summed E-state index contributed by atoms with van der Waals surface area (Å²) in [7, 11) is 0. The molecule has 1 heterocycles. The van der Waals surface area contributed by atoms with Gasteiger partial charge in [0, 0.05) is 5.69 Å². The molecule has 17 heavy (non-hydrogen) atoms. The van der Waals surface area contributed by atoms with Crippen LogP contribution in [0.4, 0.5) is 11.4 Å². The lowest BCUT2D eigenvalue weighted by atomic mass is 10.2. The summed E-state index contributed by atoms with van der Waals surface area (Å²) in [6, 6.07) is 18.5. The van der Waals surface area contributed by atoms with Gasteiger partial charge in [0.1, 0.15) is 5.75 Å². The van der Waals surface area contributed by atoms with Crippen molar-refractivity contribution in [2.45, 2.75) is 5.01 Å². The maximum absolute atomic E-state index is 5.76. The number of halogens is 1. The first-order chi connectivity index (χ1) is 8.34. The molecule has 0 spiro atoms. The lowest BCUT2D eigenvalue weighted by Gasteiger charge is -2.34. The zero-order valence-corrected chi connectivity index (χ0v) is 10.8. The van der Waals surface area contributed by atoms with Crippen LogP contribution in [0.15, 0.2) is 54.6 Å². The topological polar surface area (TPSA) is 12.5 Å². The van der Waals surface area contributed by atoms with Gasteiger partial charge in [-0.25, -0.2) is 0 Å². The number of hydrogen-bond acceptors (Lipinski definition) is 2. The molecule has 3 heteroatoms. The molecular weight excluding hydrogens is 278 g/mol. The second-order valence-electron chi connectivity index (χ2n) is 3.94. The van der Waals surface area contributed by atoms with Gasteiger partial charge in [0.15, 0.2) is 5.01 Å². The normalized spacial score (nSPS) is 18.4. The first-order valence-electron chi connectivity index (χ1n) is 5.57. The van der Waals surface area contributed by atoms with Gasteiger partial charge in [0.05, 0.1) is 12.2 Å². The number of hydrogen-bond donors (Lipinski definition) is 0. The number of fused-ring (bicyclic) bond motifs is 1. The Bertz CT molecular complexity index is 515. The quantitative estimate of drug-likeness (QED) is 0.738. The minimum absolute atomic E-state index is 0.0256. The van der Waals surface area contributed by atoms with E-state index >= 15 is 0 Å². The van der Waals surface area contributed by atoms with Crippen LogP contribution in [0.5, 0.6) is 5.75 Å². The van der Waals surface area contributed by atoms with Gasteiger partial charge >= 0.3 is 0 Å². The fourth-order valence-electron chi connectivity index (χ4n) is 2.05. The zero-order valence-electron chi connectivity index (χ0n) is 9.21. The fraction of sp³-hybridized carbons (Fsp3) is 0.143. The van der Waals surface area contributed by atoms with Crippen LogP contribution in [0, 0.1) is 0 Å². The molecule has 1 atom stereocenters. The Morgan fingerprint density at radius 2 is 1.71 bits per heavy atom. The largest absolute Gasteiger partial charge is 0.475 e. The van der Waals surface area contributed by atoms with E-state index in [4.69, 9.17) is 4.74 Å². The van der Waals surface area contributed by atoms with Crippen LogP contribution in [0.2, 0.25) is 0 Å². The average molecular weight is 290 g/mol. The Balaban J connectivity index is 2.07. The summed E-state index contributed by atoms with van der Waals surface area (Å²) < 4.78 is 5.76. The smallest absolute Gasteiger partial charge is 0.171 e. The van der Waals surface area contributed by atoms with E-state index < -0.39 is 0 Å². The molecule has 0 amide bonds. The Morgan fingerprint density at radius 3 is 2.53 bits per heavy atom. The van der Waals surface area contributed by atoms with Crippen LogP contribution >= 0.6 is 15.9 Å². The molecular formula is C14H12BrNO. The minimum Gasteiger partial charge on any atom is -0.475 e. The van der Waals surface area contributed by atoms with E-state index in [0.29, 0.717) is 0 Å². The number of benzene rings is 2. The molecule has 0 N–H and O–H groups in total. The first kappa shape index (κ1) is 10.7. The van der Waals surface area contributed by atoms with Gasteiger partial charge in [-0.2, -0.15) is 0 Å². The molecule has 2 nitrogen and oxygen atoms in total. The van der Waals surface area contributed by atoms with Crippen LogP contribution in [-0.4, -0.2) is 11.6 Å². The van der Waals surface area contributed by atoms with Gasteiger partial charge in [-0.05, 0) is 40.2 Å². The van der Waals surface area contributed by atoms with Gasteiger partial charge in [-0.1, -0.05) is 30.3 Å². The number of nitrogens with zero attached hydrogens (tertiary/aromatic N) is 1. The molecule has 2 aromatic rings. The van der Waals surface area contributed by atoms with Gasteiger partial charge in [0.25, 0.3) is 0 Å². The highest BCUT2D eigenvalue weighted by atomic mass is 79.9. The fourth-order valence-corrected chi connectivity index (χ4v) is 2.54. The molecule has 86 valence electrons. The van der Waals surface area contributed by atoms with Crippen molar-refractivity contribution in [3.05, 3.63) is 54.6 Å². The number of ether oxygens (including phenoxy) is 1. The zero-order chi connectivity index (χ0) is 11.7. The number of rotatable bonds is 1. The Labute approximate surface area is 109 Å². The second kappa shape index (κ2) is 4.41. The maximum Gasteiger partial charge on any atom is 0.171 e. The molecule has 0 fully saturated rings. The van der Waals surface area contributed by atoms with E-state index in [2.05, 4.69) is 51.2 Å². The Hall–Kier alpha value is -1.48. The lowest BCUT2D eigenvalue weighted by Crippen LogP contribution is -2.33. The molecule has 0 bridgehead atoms. The molecule has 2 aromatic carbocycles. The van der Waals surface area contributed by atoms with E-state index in [-0.39, 0.29) is 5.01 Å². The van der Waals surface area contributed by atoms with E-state index in [1.54, 1.807) is 0 Å². The lowest BCUT2D eigenvalue weighted by molar-refractivity contribution is 0.288.